The summed E-state index contributed by atoms with van der Waals surface area (Å²) in [4.78, 5) is 23.5. The number of rotatable bonds is 2. The summed E-state index contributed by atoms with van der Waals surface area (Å²) in [6, 6.07) is 7.35. The lowest BCUT2D eigenvalue weighted by Crippen LogP contribution is -2.36. The summed E-state index contributed by atoms with van der Waals surface area (Å²) in [5, 5.41) is 4.19. The number of hydrogen-bond acceptors (Lipinski definition) is 4. The molecule has 0 spiro atoms. The van der Waals surface area contributed by atoms with Crippen LogP contribution in [0.2, 0.25) is 0 Å². The lowest BCUT2D eigenvalue weighted by molar-refractivity contribution is 0.0951. The Hall–Kier alpha value is -2.47. The van der Waals surface area contributed by atoms with Crippen LogP contribution in [-0.2, 0) is 7.05 Å². The Morgan fingerprint density at radius 1 is 1.30 bits per heavy atom. The lowest BCUT2D eigenvalue weighted by Gasteiger charge is -2.09. The van der Waals surface area contributed by atoms with Gasteiger partial charge in [-0.2, -0.15) is 5.10 Å². The third kappa shape index (κ3) is 2.46. The fourth-order valence-electron chi connectivity index (χ4n) is 2.08. The van der Waals surface area contributed by atoms with E-state index >= 15 is 0 Å². The van der Waals surface area contributed by atoms with Gasteiger partial charge < -0.3 is 0 Å². The molecule has 1 amide bonds. The summed E-state index contributed by atoms with van der Waals surface area (Å²) < 4.78 is 1.14. The first-order valence-corrected chi connectivity index (χ1v) is 6.11. The summed E-state index contributed by atoms with van der Waals surface area (Å²) in [5.74, 6) is 4.47. The molecule has 1 heterocycles. The number of aromatic nitrogens is 2. The van der Waals surface area contributed by atoms with Crippen molar-refractivity contribution in [1.29, 1.82) is 0 Å². The van der Waals surface area contributed by atoms with E-state index in [2.05, 4.69) is 5.10 Å². The fourth-order valence-corrected chi connectivity index (χ4v) is 2.08. The zero-order valence-electron chi connectivity index (χ0n) is 11.6. The van der Waals surface area contributed by atoms with Crippen LogP contribution < -0.4 is 16.8 Å². The minimum Gasteiger partial charge on any atom is -0.290 e. The largest absolute Gasteiger partial charge is 0.290 e. The molecular formula is C14H16N4O2. The summed E-state index contributed by atoms with van der Waals surface area (Å²) in [6.07, 6.45) is 0. The number of nitrogens with zero attached hydrogens (tertiary/aromatic N) is 2. The van der Waals surface area contributed by atoms with Gasteiger partial charge in [0.25, 0.3) is 11.5 Å². The highest BCUT2D eigenvalue weighted by Crippen LogP contribution is 2.22. The second-order valence-electron chi connectivity index (χ2n) is 4.66. The number of amides is 1. The molecule has 0 unspecified atom stereocenters. The molecule has 6 nitrogen and oxygen atoms in total. The van der Waals surface area contributed by atoms with E-state index in [1.165, 1.54) is 13.1 Å². The Morgan fingerprint density at radius 2 is 2.00 bits per heavy atom. The average Bonchev–Trinajstić information content (AvgIpc) is 2.41. The summed E-state index contributed by atoms with van der Waals surface area (Å²) in [6.45, 7) is 3.95. The highest BCUT2D eigenvalue weighted by atomic mass is 16.2. The van der Waals surface area contributed by atoms with Gasteiger partial charge in [0.1, 0.15) is 5.56 Å². The van der Waals surface area contributed by atoms with Crippen LogP contribution in [0.15, 0.2) is 29.1 Å². The second-order valence-corrected chi connectivity index (χ2v) is 4.66. The van der Waals surface area contributed by atoms with Gasteiger partial charge in [-0.3, -0.25) is 15.0 Å². The molecule has 2 rings (SSSR count). The molecule has 0 saturated carbocycles. The van der Waals surface area contributed by atoms with Crippen LogP contribution in [0.25, 0.3) is 11.3 Å². The maximum absolute atomic E-state index is 11.9. The van der Waals surface area contributed by atoms with E-state index in [4.69, 9.17) is 5.84 Å². The Balaban J connectivity index is 2.67. The van der Waals surface area contributed by atoms with Gasteiger partial charge in [-0.1, -0.05) is 23.8 Å². The maximum atomic E-state index is 11.9. The smallest absolute Gasteiger partial charge is 0.279 e. The molecule has 2 aromatic rings. The van der Waals surface area contributed by atoms with Crippen LogP contribution in [0.4, 0.5) is 0 Å². The van der Waals surface area contributed by atoms with E-state index in [0.717, 1.165) is 21.4 Å². The van der Waals surface area contributed by atoms with Gasteiger partial charge >= 0.3 is 0 Å². The molecule has 20 heavy (non-hydrogen) atoms. The highest BCUT2D eigenvalue weighted by Gasteiger charge is 2.15. The zero-order chi connectivity index (χ0) is 14.9. The number of hydrazine groups is 1. The molecule has 0 saturated heterocycles. The number of aryl methyl sites for hydroxylation is 3. The predicted molar refractivity (Wildman–Crippen MR) is 76.0 cm³/mol. The van der Waals surface area contributed by atoms with Gasteiger partial charge in [0.05, 0.1) is 5.69 Å². The quantitative estimate of drug-likeness (QED) is 0.477. The Kier molecular flexibility index (Phi) is 3.67. The molecule has 6 heteroatoms. The minimum atomic E-state index is -0.626. The highest BCUT2D eigenvalue weighted by molar-refractivity contribution is 5.94. The maximum Gasteiger partial charge on any atom is 0.279 e. The molecule has 0 atom stereocenters. The van der Waals surface area contributed by atoms with Gasteiger partial charge in [0, 0.05) is 12.6 Å². The molecule has 3 N–H and O–H groups in total. The van der Waals surface area contributed by atoms with Crippen molar-refractivity contribution in [1.82, 2.24) is 15.2 Å². The van der Waals surface area contributed by atoms with E-state index < -0.39 is 11.5 Å². The number of hydrogen-bond donors (Lipinski definition) is 2. The number of benzene rings is 1. The summed E-state index contributed by atoms with van der Waals surface area (Å²) >= 11 is 0. The van der Waals surface area contributed by atoms with Gasteiger partial charge in [0.15, 0.2) is 0 Å². The van der Waals surface area contributed by atoms with Crippen molar-refractivity contribution in [3.63, 3.8) is 0 Å². The van der Waals surface area contributed by atoms with Crippen molar-refractivity contribution < 1.29 is 4.79 Å². The van der Waals surface area contributed by atoms with Gasteiger partial charge in [0.2, 0.25) is 0 Å². The molecule has 1 aromatic carbocycles. The molecule has 1 aromatic heterocycles. The van der Waals surface area contributed by atoms with Crippen LogP contribution in [0.3, 0.4) is 0 Å². The molecule has 0 radical (unpaired) electrons. The molecule has 0 aliphatic carbocycles. The van der Waals surface area contributed by atoms with Crippen LogP contribution in [0.1, 0.15) is 21.5 Å². The molecular weight excluding hydrogens is 256 g/mol. The average molecular weight is 272 g/mol. The summed E-state index contributed by atoms with van der Waals surface area (Å²) in [5.41, 5.74) is 5.05. The lowest BCUT2D eigenvalue weighted by atomic mass is 10.0. The van der Waals surface area contributed by atoms with Crippen LogP contribution in [0.5, 0.6) is 0 Å². The Morgan fingerprint density at radius 3 is 2.60 bits per heavy atom. The third-order valence-electron chi connectivity index (χ3n) is 3.10. The second kappa shape index (κ2) is 5.26. The van der Waals surface area contributed by atoms with Gasteiger partial charge in [-0.15, -0.1) is 0 Å². The van der Waals surface area contributed by atoms with Crippen LogP contribution in [0, 0.1) is 13.8 Å². The molecule has 0 aliphatic heterocycles. The number of nitrogens with two attached hydrogens (primary N) is 1. The molecule has 0 fully saturated rings. The number of nitrogen functional groups attached to an aromatic ring is 1. The monoisotopic (exact) mass is 272 g/mol. The standard InChI is InChI=1S/C14H16N4O2/c1-8-4-5-10(9(2)6-8)12-7-11(13(19)16-15)14(20)18(3)17-12/h4-7H,15H2,1-3H3,(H,16,19). The normalized spacial score (nSPS) is 10.4. The first-order valence-electron chi connectivity index (χ1n) is 6.11. The van der Waals surface area contributed by atoms with Crippen molar-refractivity contribution in [2.24, 2.45) is 12.9 Å². The van der Waals surface area contributed by atoms with E-state index in [0.29, 0.717) is 5.69 Å². The Bertz CT molecular complexity index is 734. The number of nitrogens with one attached hydrogen (secondary N) is 1. The molecule has 0 aliphatic rings. The van der Waals surface area contributed by atoms with Gasteiger partial charge in [-0.25, -0.2) is 10.5 Å². The first kappa shape index (κ1) is 14.0. The van der Waals surface area contributed by atoms with Crippen molar-refractivity contribution >= 4 is 5.91 Å². The van der Waals surface area contributed by atoms with E-state index in [1.807, 2.05) is 37.5 Å². The van der Waals surface area contributed by atoms with Crippen molar-refractivity contribution in [2.75, 3.05) is 0 Å². The zero-order valence-corrected chi connectivity index (χ0v) is 11.6. The number of carbonyl (C=O) groups is 1. The number of carbonyl (C=O) groups excluding carboxylic acids is 1. The Labute approximate surface area is 116 Å². The van der Waals surface area contributed by atoms with Crippen LogP contribution >= 0.6 is 0 Å². The van der Waals surface area contributed by atoms with Gasteiger partial charge in [-0.05, 0) is 25.5 Å². The topological polar surface area (TPSA) is 90.0 Å². The van der Waals surface area contributed by atoms with Crippen molar-refractivity contribution in [2.45, 2.75) is 13.8 Å². The van der Waals surface area contributed by atoms with Crippen molar-refractivity contribution in [3.8, 4) is 11.3 Å². The van der Waals surface area contributed by atoms with Crippen LogP contribution in [-0.4, -0.2) is 15.7 Å². The molecule has 0 bridgehead atoms. The van der Waals surface area contributed by atoms with E-state index in [-0.39, 0.29) is 5.56 Å². The summed E-state index contributed by atoms with van der Waals surface area (Å²) in [7, 11) is 1.50. The fraction of sp³-hybridized carbons (Fsp3) is 0.214. The SMILES string of the molecule is Cc1ccc(-c2cc(C(=O)NN)c(=O)n(C)n2)c(C)c1. The third-order valence-corrected chi connectivity index (χ3v) is 3.10. The predicted octanol–water partition coefficient (Wildman–Crippen LogP) is 0.668. The van der Waals surface area contributed by atoms with E-state index in [1.54, 1.807) is 0 Å². The van der Waals surface area contributed by atoms with Crippen molar-refractivity contribution in [3.05, 3.63) is 51.3 Å². The molecule has 104 valence electrons. The van der Waals surface area contributed by atoms with E-state index in [9.17, 15) is 9.59 Å². The minimum absolute atomic E-state index is 0.0278. The first-order chi connectivity index (χ1) is 9.43.